The van der Waals surface area contributed by atoms with Crippen molar-refractivity contribution in [1.29, 1.82) is 0 Å². The van der Waals surface area contributed by atoms with Crippen molar-refractivity contribution in [2.45, 2.75) is 5.88 Å². The largest absolute Gasteiger partial charge is 0.295 e. The second-order valence-corrected chi connectivity index (χ2v) is 5.17. The van der Waals surface area contributed by atoms with Gasteiger partial charge in [-0.25, -0.2) is 9.37 Å². The Labute approximate surface area is 128 Å². The normalized spacial score (nSPS) is 11.2. The van der Waals surface area contributed by atoms with Crippen LogP contribution >= 0.6 is 34.8 Å². The lowest BCUT2D eigenvalue weighted by atomic mass is 10.3. The van der Waals surface area contributed by atoms with Crippen LogP contribution in [0.1, 0.15) is 5.82 Å². The summed E-state index contributed by atoms with van der Waals surface area (Å²) in [6.07, 6.45) is 3.28. The second kappa shape index (κ2) is 5.20. The minimum Gasteiger partial charge on any atom is -0.295 e. The van der Waals surface area contributed by atoms with Gasteiger partial charge in [-0.3, -0.25) is 9.55 Å². The molecule has 0 aliphatic carbocycles. The Kier molecular flexibility index (Phi) is 3.54. The smallest absolute Gasteiger partial charge is 0.160 e. The highest BCUT2D eigenvalue weighted by Crippen LogP contribution is 2.29. The topological polar surface area (TPSA) is 30.7 Å². The number of rotatable bonds is 2. The number of imidazole rings is 1. The lowest BCUT2D eigenvalue weighted by Crippen LogP contribution is -2.00. The third kappa shape index (κ3) is 2.14. The molecule has 20 heavy (non-hydrogen) atoms. The zero-order chi connectivity index (χ0) is 14.3. The fourth-order valence-electron chi connectivity index (χ4n) is 2.03. The van der Waals surface area contributed by atoms with Crippen LogP contribution in [-0.4, -0.2) is 14.5 Å². The van der Waals surface area contributed by atoms with Crippen LogP contribution in [0.2, 0.25) is 10.0 Å². The fourth-order valence-corrected chi connectivity index (χ4v) is 2.69. The number of halogens is 4. The number of fused-ring (bicyclic) bond motifs is 1. The van der Waals surface area contributed by atoms with Crippen LogP contribution in [-0.2, 0) is 5.88 Å². The van der Waals surface area contributed by atoms with Gasteiger partial charge in [-0.2, -0.15) is 0 Å². The van der Waals surface area contributed by atoms with Crippen molar-refractivity contribution >= 4 is 45.8 Å². The predicted octanol–water partition coefficient (Wildman–Crippen LogP) is 4.61. The van der Waals surface area contributed by atoms with Gasteiger partial charge in [0, 0.05) is 6.20 Å². The summed E-state index contributed by atoms with van der Waals surface area (Å²) in [6.45, 7) is 0. The standard InChI is InChI=1S/C13H7Cl3FN3/c14-5-12-19-10-6-18-2-1-11(10)20(12)7-3-8(15)13(17)9(16)4-7/h1-4,6H,5H2. The molecule has 0 aliphatic heterocycles. The first kappa shape index (κ1) is 13.6. The summed E-state index contributed by atoms with van der Waals surface area (Å²) < 4.78 is 15.3. The van der Waals surface area contributed by atoms with Crippen molar-refractivity contribution in [2.75, 3.05) is 0 Å². The average molecular weight is 331 g/mol. The van der Waals surface area contributed by atoms with Gasteiger partial charge in [0.25, 0.3) is 0 Å². The van der Waals surface area contributed by atoms with Gasteiger partial charge in [0.1, 0.15) is 11.3 Å². The van der Waals surface area contributed by atoms with Gasteiger partial charge >= 0.3 is 0 Å². The van der Waals surface area contributed by atoms with E-state index in [1.54, 1.807) is 23.0 Å². The minimum absolute atomic E-state index is 0.0519. The highest BCUT2D eigenvalue weighted by molar-refractivity contribution is 6.35. The Morgan fingerprint density at radius 1 is 1.20 bits per heavy atom. The minimum atomic E-state index is -0.643. The Bertz CT molecular complexity index is 778. The molecule has 0 radical (unpaired) electrons. The summed E-state index contributed by atoms with van der Waals surface area (Å²) >= 11 is 17.6. The first-order valence-corrected chi connectivity index (χ1v) is 6.93. The van der Waals surface area contributed by atoms with Gasteiger partial charge in [0.15, 0.2) is 5.82 Å². The highest BCUT2D eigenvalue weighted by Gasteiger charge is 2.15. The van der Waals surface area contributed by atoms with Crippen LogP contribution in [0.15, 0.2) is 30.6 Å². The Hall–Kier alpha value is -1.36. The maximum Gasteiger partial charge on any atom is 0.160 e. The van der Waals surface area contributed by atoms with Crippen molar-refractivity contribution in [3.8, 4) is 5.69 Å². The Balaban J connectivity index is 2.33. The number of hydrogen-bond acceptors (Lipinski definition) is 2. The summed E-state index contributed by atoms with van der Waals surface area (Å²) in [7, 11) is 0. The highest BCUT2D eigenvalue weighted by atomic mass is 35.5. The number of pyridine rings is 1. The molecular weight excluding hydrogens is 324 g/mol. The Morgan fingerprint density at radius 2 is 1.90 bits per heavy atom. The van der Waals surface area contributed by atoms with E-state index < -0.39 is 5.82 Å². The van der Waals surface area contributed by atoms with Crippen molar-refractivity contribution in [2.24, 2.45) is 0 Å². The molecule has 0 unspecified atom stereocenters. The van der Waals surface area contributed by atoms with Crippen molar-refractivity contribution < 1.29 is 4.39 Å². The van der Waals surface area contributed by atoms with Crippen LogP contribution < -0.4 is 0 Å². The zero-order valence-electron chi connectivity index (χ0n) is 9.95. The molecular formula is C13H7Cl3FN3. The van der Waals surface area contributed by atoms with E-state index in [1.165, 1.54) is 12.1 Å². The SMILES string of the molecule is Fc1c(Cl)cc(-n2c(CCl)nc3cnccc32)cc1Cl. The molecule has 2 aromatic heterocycles. The molecule has 3 rings (SSSR count). The molecule has 2 heterocycles. The molecule has 0 aliphatic rings. The van der Waals surface area contributed by atoms with Gasteiger partial charge in [-0.15, -0.1) is 11.6 Å². The first-order chi connectivity index (χ1) is 9.61. The van der Waals surface area contributed by atoms with E-state index in [-0.39, 0.29) is 15.9 Å². The van der Waals surface area contributed by atoms with E-state index >= 15 is 0 Å². The van der Waals surface area contributed by atoms with Gasteiger partial charge in [-0.05, 0) is 18.2 Å². The molecule has 3 nitrogen and oxygen atoms in total. The van der Waals surface area contributed by atoms with Gasteiger partial charge in [0.2, 0.25) is 0 Å². The van der Waals surface area contributed by atoms with Crippen LogP contribution in [0.4, 0.5) is 4.39 Å². The maximum atomic E-state index is 13.5. The van der Waals surface area contributed by atoms with E-state index in [1.807, 2.05) is 0 Å². The molecule has 102 valence electrons. The molecule has 0 fully saturated rings. The third-order valence-corrected chi connectivity index (χ3v) is 3.66. The number of aromatic nitrogens is 3. The van der Waals surface area contributed by atoms with Crippen LogP contribution in [0.25, 0.3) is 16.7 Å². The average Bonchev–Trinajstić information content (AvgIpc) is 2.82. The number of benzene rings is 1. The van der Waals surface area contributed by atoms with Crippen LogP contribution in [0, 0.1) is 5.82 Å². The molecule has 0 N–H and O–H groups in total. The van der Waals surface area contributed by atoms with Crippen LogP contribution in [0.5, 0.6) is 0 Å². The molecule has 0 amide bonds. The summed E-state index contributed by atoms with van der Waals surface area (Å²) in [6, 6.07) is 4.77. The maximum absolute atomic E-state index is 13.5. The van der Waals surface area contributed by atoms with E-state index in [2.05, 4.69) is 9.97 Å². The van der Waals surface area contributed by atoms with Crippen molar-refractivity contribution in [3.05, 3.63) is 52.3 Å². The quantitative estimate of drug-likeness (QED) is 0.507. The summed E-state index contributed by atoms with van der Waals surface area (Å²) in [5.41, 5.74) is 2.10. The first-order valence-electron chi connectivity index (χ1n) is 5.64. The van der Waals surface area contributed by atoms with Crippen LogP contribution in [0.3, 0.4) is 0 Å². The third-order valence-electron chi connectivity index (χ3n) is 2.87. The molecule has 7 heteroatoms. The predicted molar refractivity (Wildman–Crippen MR) is 78.4 cm³/mol. The molecule has 0 saturated heterocycles. The lowest BCUT2D eigenvalue weighted by molar-refractivity contribution is 0.628. The summed E-state index contributed by atoms with van der Waals surface area (Å²) in [4.78, 5) is 8.39. The summed E-state index contributed by atoms with van der Waals surface area (Å²) in [5.74, 6) is 0.158. The molecule has 0 bridgehead atoms. The Morgan fingerprint density at radius 3 is 2.55 bits per heavy atom. The van der Waals surface area contributed by atoms with E-state index in [0.29, 0.717) is 17.0 Å². The molecule has 0 atom stereocenters. The molecule has 3 aromatic rings. The van der Waals surface area contributed by atoms with E-state index in [0.717, 1.165) is 5.52 Å². The molecule has 0 spiro atoms. The van der Waals surface area contributed by atoms with Crippen molar-refractivity contribution in [1.82, 2.24) is 14.5 Å². The summed E-state index contributed by atoms with van der Waals surface area (Å²) in [5, 5.41) is -0.104. The van der Waals surface area contributed by atoms with E-state index in [9.17, 15) is 4.39 Å². The fraction of sp³-hybridized carbons (Fsp3) is 0.0769. The number of nitrogens with zero attached hydrogens (tertiary/aromatic N) is 3. The molecule has 1 aromatic carbocycles. The number of alkyl halides is 1. The molecule has 0 saturated carbocycles. The van der Waals surface area contributed by atoms with Gasteiger partial charge in [0.05, 0.1) is 33.3 Å². The lowest BCUT2D eigenvalue weighted by Gasteiger charge is -2.09. The van der Waals surface area contributed by atoms with E-state index in [4.69, 9.17) is 34.8 Å². The van der Waals surface area contributed by atoms with Gasteiger partial charge in [-0.1, -0.05) is 23.2 Å². The van der Waals surface area contributed by atoms with Crippen molar-refractivity contribution in [3.63, 3.8) is 0 Å². The zero-order valence-corrected chi connectivity index (χ0v) is 12.2. The van der Waals surface area contributed by atoms with Gasteiger partial charge < -0.3 is 0 Å². The number of hydrogen-bond donors (Lipinski definition) is 0. The second-order valence-electron chi connectivity index (χ2n) is 4.08. The monoisotopic (exact) mass is 329 g/mol.